The molecule has 8 heteroatoms. The molecule has 0 aliphatic carbocycles. The second-order valence-corrected chi connectivity index (χ2v) is 5.04. The van der Waals surface area contributed by atoms with E-state index in [0.29, 0.717) is 29.9 Å². The van der Waals surface area contributed by atoms with Crippen LogP contribution in [-0.2, 0) is 6.54 Å². The van der Waals surface area contributed by atoms with Crippen LogP contribution in [0.3, 0.4) is 0 Å². The third-order valence-corrected chi connectivity index (χ3v) is 3.35. The highest BCUT2D eigenvalue weighted by Crippen LogP contribution is 2.25. The van der Waals surface area contributed by atoms with Gasteiger partial charge in [-0.15, -0.1) is 5.10 Å². The van der Waals surface area contributed by atoms with Crippen LogP contribution in [0.2, 0.25) is 0 Å². The largest absolute Gasteiger partial charge is 0.329 e. The molecule has 3 rings (SSSR count). The zero-order valence-corrected chi connectivity index (χ0v) is 12.7. The Balaban J connectivity index is 1.81. The maximum atomic E-state index is 14.0. The molecule has 2 aromatic heterocycles. The zero-order chi connectivity index (χ0) is 16.9. The summed E-state index contributed by atoms with van der Waals surface area (Å²) >= 11 is 0. The summed E-state index contributed by atoms with van der Waals surface area (Å²) in [6.45, 7) is 0.876. The maximum absolute atomic E-state index is 14.0. The predicted octanol–water partition coefficient (Wildman–Crippen LogP) is 1.69. The smallest absolute Gasteiger partial charge is 0.277 e. The molecule has 1 aromatic carbocycles. The lowest BCUT2D eigenvalue weighted by molar-refractivity contribution is 0.102. The van der Waals surface area contributed by atoms with Crippen molar-refractivity contribution in [1.29, 1.82) is 0 Å². The minimum atomic E-state index is -0.425. The van der Waals surface area contributed by atoms with Gasteiger partial charge in [0, 0.05) is 30.2 Å². The molecule has 0 aliphatic rings. The zero-order valence-electron chi connectivity index (χ0n) is 12.7. The number of benzene rings is 1. The number of pyridine rings is 1. The van der Waals surface area contributed by atoms with E-state index in [-0.39, 0.29) is 11.5 Å². The van der Waals surface area contributed by atoms with E-state index in [1.54, 1.807) is 30.6 Å². The van der Waals surface area contributed by atoms with Crippen LogP contribution in [0.5, 0.6) is 0 Å². The molecular weight excluding hydrogens is 311 g/mol. The fourth-order valence-electron chi connectivity index (χ4n) is 2.19. The summed E-state index contributed by atoms with van der Waals surface area (Å²) in [5.41, 5.74) is 7.10. The molecule has 0 fully saturated rings. The lowest BCUT2D eigenvalue weighted by Gasteiger charge is -2.07. The first-order valence-corrected chi connectivity index (χ1v) is 7.29. The van der Waals surface area contributed by atoms with E-state index < -0.39 is 5.91 Å². The molecule has 0 aliphatic heterocycles. The summed E-state index contributed by atoms with van der Waals surface area (Å²) < 4.78 is 15.5. The van der Waals surface area contributed by atoms with E-state index in [1.165, 1.54) is 23.0 Å². The van der Waals surface area contributed by atoms with Crippen molar-refractivity contribution in [3.63, 3.8) is 0 Å². The summed E-state index contributed by atoms with van der Waals surface area (Å²) in [5.74, 6) is -0.807. The van der Waals surface area contributed by atoms with Gasteiger partial charge in [0.15, 0.2) is 5.69 Å². The number of rotatable bonds is 5. The lowest BCUT2D eigenvalue weighted by Crippen LogP contribution is -2.13. The first kappa shape index (κ1) is 15.8. The first-order valence-electron chi connectivity index (χ1n) is 7.29. The van der Waals surface area contributed by atoms with Crippen molar-refractivity contribution in [3.05, 3.63) is 60.4 Å². The summed E-state index contributed by atoms with van der Waals surface area (Å²) in [6, 6.07) is 7.75. The molecule has 0 unspecified atom stereocenters. The monoisotopic (exact) mass is 326 g/mol. The van der Waals surface area contributed by atoms with E-state index in [0.717, 1.165) is 0 Å². The molecule has 0 spiro atoms. The Morgan fingerprint density at radius 1 is 1.25 bits per heavy atom. The van der Waals surface area contributed by atoms with Crippen molar-refractivity contribution < 1.29 is 9.18 Å². The molecule has 122 valence electrons. The fraction of sp³-hybridized carbons (Fsp3) is 0.125. The number of hydrogen-bond acceptors (Lipinski definition) is 5. The second kappa shape index (κ2) is 6.97. The number of nitrogens with zero attached hydrogens (tertiary/aromatic N) is 4. The van der Waals surface area contributed by atoms with Crippen LogP contribution in [0.15, 0.2) is 48.9 Å². The summed E-state index contributed by atoms with van der Waals surface area (Å²) in [6.07, 6.45) is 4.67. The van der Waals surface area contributed by atoms with Crippen LogP contribution < -0.4 is 11.1 Å². The van der Waals surface area contributed by atoms with Gasteiger partial charge in [-0.3, -0.25) is 14.5 Å². The Hall–Kier alpha value is -3.13. The number of hydrogen-bond donors (Lipinski definition) is 2. The van der Waals surface area contributed by atoms with Gasteiger partial charge >= 0.3 is 0 Å². The van der Waals surface area contributed by atoms with Crippen molar-refractivity contribution in [1.82, 2.24) is 20.0 Å². The Labute approximate surface area is 137 Å². The molecule has 0 atom stereocenters. The Kier molecular flexibility index (Phi) is 4.57. The molecule has 7 nitrogen and oxygen atoms in total. The van der Waals surface area contributed by atoms with Gasteiger partial charge in [-0.05, 0) is 35.9 Å². The summed E-state index contributed by atoms with van der Waals surface area (Å²) in [4.78, 5) is 16.1. The molecular formula is C16H15FN6O. The van der Waals surface area contributed by atoms with Crippen molar-refractivity contribution in [2.45, 2.75) is 6.54 Å². The summed E-state index contributed by atoms with van der Waals surface area (Å²) in [7, 11) is 0. The number of aromatic nitrogens is 4. The number of nitrogens with two attached hydrogens (primary N) is 1. The quantitative estimate of drug-likeness (QED) is 0.743. The van der Waals surface area contributed by atoms with Gasteiger partial charge < -0.3 is 11.1 Å². The minimum Gasteiger partial charge on any atom is -0.329 e. The number of carbonyl (C=O) groups is 1. The average molecular weight is 326 g/mol. The Morgan fingerprint density at radius 2 is 2.04 bits per heavy atom. The fourth-order valence-corrected chi connectivity index (χ4v) is 2.19. The first-order chi connectivity index (χ1) is 11.7. The normalized spacial score (nSPS) is 10.6. The SMILES string of the molecule is NCCn1cc(C(=O)Nc2ccc(F)c(-c3ccncc3)c2)nn1. The standard InChI is InChI=1S/C16H15FN6O/c17-14-2-1-12(9-13(14)11-3-6-19-7-4-11)20-16(24)15-10-23(8-5-18)22-21-15/h1-4,6-7,9-10H,5,8,18H2,(H,20,24). The summed E-state index contributed by atoms with van der Waals surface area (Å²) in [5, 5.41) is 10.3. The number of anilines is 1. The Morgan fingerprint density at radius 3 is 2.79 bits per heavy atom. The number of halogens is 1. The van der Waals surface area contributed by atoms with Crippen molar-refractivity contribution in [2.24, 2.45) is 5.73 Å². The van der Waals surface area contributed by atoms with Crippen LogP contribution in [0.25, 0.3) is 11.1 Å². The van der Waals surface area contributed by atoms with E-state index >= 15 is 0 Å². The molecule has 24 heavy (non-hydrogen) atoms. The van der Waals surface area contributed by atoms with E-state index in [9.17, 15) is 9.18 Å². The maximum Gasteiger partial charge on any atom is 0.277 e. The third-order valence-electron chi connectivity index (χ3n) is 3.35. The van der Waals surface area contributed by atoms with Gasteiger partial charge in [0.2, 0.25) is 0 Å². The molecule has 3 aromatic rings. The molecule has 0 radical (unpaired) electrons. The molecule has 0 saturated carbocycles. The van der Waals surface area contributed by atoms with Crippen LogP contribution in [0.4, 0.5) is 10.1 Å². The van der Waals surface area contributed by atoms with Crippen LogP contribution >= 0.6 is 0 Å². The van der Waals surface area contributed by atoms with Crippen molar-refractivity contribution in [3.8, 4) is 11.1 Å². The molecule has 0 saturated heterocycles. The third kappa shape index (κ3) is 3.44. The van der Waals surface area contributed by atoms with Crippen molar-refractivity contribution in [2.75, 3.05) is 11.9 Å². The lowest BCUT2D eigenvalue weighted by atomic mass is 10.1. The predicted molar refractivity (Wildman–Crippen MR) is 86.7 cm³/mol. The highest BCUT2D eigenvalue weighted by atomic mass is 19.1. The van der Waals surface area contributed by atoms with Gasteiger partial charge in [-0.2, -0.15) is 0 Å². The van der Waals surface area contributed by atoms with E-state index in [1.807, 2.05) is 0 Å². The average Bonchev–Trinajstić information content (AvgIpc) is 3.06. The second-order valence-electron chi connectivity index (χ2n) is 5.04. The minimum absolute atomic E-state index is 0.165. The van der Waals surface area contributed by atoms with Gasteiger partial charge in [0.1, 0.15) is 5.82 Å². The molecule has 2 heterocycles. The molecule has 1 amide bonds. The highest BCUT2D eigenvalue weighted by Gasteiger charge is 2.13. The molecule has 3 N–H and O–H groups in total. The Bertz CT molecular complexity index is 849. The van der Waals surface area contributed by atoms with Gasteiger partial charge in [-0.25, -0.2) is 4.39 Å². The van der Waals surface area contributed by atoms with E-state index in [2.05, 4.69) is 20.6 Å². The van der Waals surface area contributed by atoms with Crippen molar-refractivity contribution >= 4 is 11.6 Å². The number of carbonyl (C=O) groups excluding carboxylic acids is 1. The van der Waals surface area contributed by atoms with Gasteiger partial charge in [-0.1, -0.05) is 5.21 Å². The topological polar surface area (TPSA) is 98.7 Å². The van der Waals surface area contributed by atoms with Crippen LogP contribution in [-0.4, -0.2) is 32.4 Å². The van der Waals surface area contributed by atoms with Gasteiger partial charge in [0.05, 0.1) is 12.7 Å². The van der Waals surface area contributed by atoms with E-state index in [4.69, 9.17) is 5.73 Å². The number of amides is 1. The number of nitrogens with one attached hydrogen (secondary N) is 1. The molecule has 0 bridgehead atoms. The highest BCUT2D eigenvalue weighted by molar-refractivity contribution is 6.02. The van der Waals surface area contributed by atoms with Crippen LogP contribution in [0.1, 0.15) is 10.5 Å². The van der Waals surface area contributed by atoms with Crippen LogP contribution in [0, 0.1) is 5.82 Å². The van der Waals surface area contributed by atoms with Gasteiger partial charge in [0.25, 0.3) is 5.91 Å².